The van der Waals surface area contributed by atoms with E-state index < -0.39 is 0 Å². The molecular formula is C18H12ClN3OS. The summed E-state index contributed by atoms with van der Waals surface area (Å²) in [5.74, 6) is -0.160. The molecule has 6 heteroatoms. The van der Waals surface area contributed by atoms with Crippen LogP contribution < -0.4 is 5.32 Å². The molecule has 0 aliphatic carbocycles. The molecule has 0 atom stereocenters. The molecule has 118 valence electrons. The lowest BCUT2D eigenvalue weighted by Crippen LogP contribution is -2.11. The Hall–Kier alpha value is -2.50. The fraction of sp³-hybridized carbons (Fsp3) is 0.0556. The van der Waals surface area contributed by atoms with E-state index in [2.05, 4.69) is 15.3 Å². The van der Waals surface area contributed by atoms with Crippen molar-refractivity contribution in [1.29, 1.82) is 0 Å². The number of halogens is 1. The summed E-state index contributed by atoms with van der Waals surface area (Å²) in [6.07, 6.45) is 0. The number of thiazole rings is 1. The maximum Gasteiger partial charge on any atom is 0.255 e. The first-order valence-electron chi connectivity index (χ1n) is 7.33. The van der Waals surface area contributed by atoms with E-state index in [-0.39, 0.29) is 5.91 Å². The maximum atomic E-state index is 12.5. The highest BCUT2D eigenvalue weighted by molar-refractivity contribution is 7.18. The van der Waals surface area contributed by atoms with Crippen LogP contribution in [0.5, 0.6) is 0 Å². The zero-order chi connectivity index (χ0) is 16.7. The second kappa shape index (κ2) is 5.85. The summed E-state index contributed by atoms with van der Waals surface area (Å²) in [4.78, 5) is 21.1. The number of hydrogen-bond acceptors (Lipinski definition) is 4. The van der Waals surface area contributed by atoms with Crippen LogP contribution in [0.25, 0.3) is 21.1 Å². The molecule has 4 rings (SSSR count). The summed E-state index contributed by atoms with van der Waals surface area (Å²) >= 11 is 7.49. The number of carbonyl (C=O) groups excluding carboxylic acids is 1. The lowest BCUT2D eigenvalue weighted by Gasteiger charge is -2.06. The van der Waals surface area contributed by atoms with Crippen molar-refractivity contribution < 1.29 is 4.79 Å². The number of aromatic nitrogens is 2. The van der Waals surface area contributed by atoms with Crippen LogP contribution in [0.3, 0.4) is 0 Å². The fourth-order valence-electron chi connectivity index (χ4n) is 2.56. The van der Waals surface area contributed by atoms with Crippen LogP contribution in [-0.4, -0.2) is 15.9 Å². The third-order valence-electron chi connectivity index (χ3n) is 3.67. The Morgan fingerprint density at radius 3 is 2.75 bits per heavy atom. The predicted octanol–water partition coefficient (Wildman–Crippen LogP) is 5.06. The minimum Gasteiger partial charge on any atom is -0.322 e. The Kier molecular flexibility index (Phi) is 3.67. The molecule has 0 bridgehead atoms. The number of anilines is 1. The molecule has 0 aliphatic rings. The highest BCUT2D eigenvalue weighted by Crippen LogP contribution is 2.25. The molecule has 0 saturated heterocycles. The number of hydrogen-bond donors (Lipinski definition) is 1. The van der Waals surface area contributed by atoms with Gasteiger partial charge in [0.05, 0.1) is 20.7 Å². The quantitative estimate of drug-likeness (QED) is 0.512. The van der Waals surface area contributed by atoms with E-state index in [0.717, 1.165) is 31.8 Å². The summed E-state index contributed by atoms with van der Waals surface area (Å²) in [5.41, 5.74) is 3.04. The first-order valence-corrected chi connectivity index (χ1v) is 8.53. The van der Waals surface area contributed by atoms with Crippen molar-refractivity contribution in [3.8, 4) is 0 Å². The van der Waals surface area contributed by atoms with Crippen LogP contribution >= 0.6 is 22.9 Å². The van der Waals surface area contributed by atoms with E-state index >= 15 is 0 Å². The molecule has 24 heavy (non-hydrogen) atoms. The molecule has 0 aliphatic heterocycles. The van der Waals surface area contributed by atoms with Gasteiger partial charge in [-0.3, -0.25) is 4.79 Å². The monoisotopic (exact) mass is 353 g/mol. The van der Waals surface area contributed by atoms with E-state index in [0.29, 0.717) is 10.7 Å². The number of benzene rings is 2. The average Bonchev–Trinajstić information content (AvgIpc) is 2.93. The van der Waals surface area contributed by atoms with Crippen LogP contribution in [0.15, 0.2) is 48.5 Å². The molecule has 1 amide bonds. The Morgan fingerprint density at radius 1 is 1.04 bits per heavy atom. The number of carbonyl (C=O) groups is 1. The standard InChI is InChI=1S/C18H12ClN3OS/c1-10-20-15-6-4-13(9-16(15)24-10)21-18(23)12-2-5-14-11(8-12)3-7-17(19)22-14/h2-9H,1H3,(H,21,23). The van der Waals surface area contributed by atoms with E-state index in [1.165, 1.54) is 0 Å². The van der Waals surface area contributed by atoms with Crippen LogP contribution in [-0.2, 0) is 0 Å². The molecule has 0 saturated carbocycles. The number of amides is 1. The van der Waals surface area contributed by atoms with Gasteiger partial charge in [0.2, 0.25) is 0 Å². The Morgan fingerprint density at radius 2 is 1.88 bits per heavy atom. The highest BCUT2D eigenvalue weighted by atomic mass is 35.5. The highest BCUT2D eigenvalue weighted by Gasteiger charge is 2.09. The molecule has 4 aromatic rings. The van der Waals surface area contributed by atoms with Gasteiger partial charge >= 0.3 is 0 Å². The molecule has 2 heterocycles. The van der Waals surface area contributed by atoms with Crippen molar-refractivity contribution in [3.63, 3.8) is 0 Å². The van der Waals surface area contributed by atoms with E-state index in [4.69, 9.17) is 11.6 Å². The minimum atomic E-state index is -0.160. The smallest absolute Gasteiger partial charge is 0.255 e. The van der Waals surface area contributed by atoms with Crippen molar-refractivity contribution >= 4 is 55.7 Å². The Bertz CT molecular complexity index is 1090. The Labute approximate surface area is 147 Å². The zero-order valence-electron chi connectivity index (χ0n) is 12.7. The molecule has 1 N–H and O–H groups in total. The van der Waals surface area contributed by atoms with Gasteiger partial charge in [-0.25, -0.2) is 9.97 Å². The van der Waals surface area contributed by atoms with Crippen LogP contribution in [0, 0.1) is 6.92 Å². The lowest BCUT2D eigenvalue weighted by molar-refractivity contribution is 0.102. The topological polar surface area (TPSA) is 54.9 Å². The van der Waals surface area contributed by atoms with Gasteiger partial charge in [-0.15, -0.1) is 11.3 Å². The van der Waals surface area contributed by atoms with Gasteiger partial charge in [0, 0.05) is 16.6 Å². The Balaban J connectivity index is 1.63. The zero-order valence-corrected chi connectivity index (χ0v) is 14.3. The third kappa shape index (κ3) is 2.84. The van der Waals surface area contributed by atoms with Crippen LogP contribution in [0.1, 0.15) is 15.4 Å². The predicted molar refractivity (Wildman–Crippen MR) is 99.1 cm³/mol. The van der Waals surface area contributed by atoms with Gasteiger partial charge in [0.1, 0.15) is 5.15 Å². The first-order chi connectivity index (χ1) is 11.6. The summed E-state index contributed by atoms with van der Waals surface area (Å²) in [7, 11) is 0. The molecule has 2 aromatic heterocycles. The van der Waals surface area contributed by atoms with Gasteiger partial charge < -0.3 is 5.32 Å². The number of nitrogens with one attached hydrogen (secondary N) is 1. The van der Waals surface area contributed by atoms with E-state index in [1.807, 2.05) is 37.3 Å². The van der Waals surface area contributed by atoms with Gasteiger partial charge in [-0.05, 0) is 55.5 Å². The second-order valence-electron chi connectivity index (χ2n) is 5.41. The van der Waals surface area contributed by atoms with Crippen molar-refractivity contribution in [2.24, 2.45) is 0 Å². The second-order valence-corrected chi connectivity index (χ2v) is 7.03. The number of rotatable bonds is 2. The molecule has 0 spiro atoms. The molecule has 0 fully saturated rings. The maximum absolute atomic E-state index is 12.5. The normalized spacial score (nSPS) is 11.1. The minimum absolute atomic E-state index is 0.160. The van der Waals surface area contributed by atoms with Crippen molar-refractivity contribution in [2.75, 3.05) is 5.32 Å². The average molecular weight is 354 g/mol. The number of nitrogens with zero attached hydrogens (tertiary/aromatic N) is 2. The van der Waals surface area contributed by atoms with Gasteiger partial charge in [0.15, 0.2) is 0 Å². The van der Waals surface area contributed by atoms with Gasteiger partial charge in [0.25, 0.3) is 5.91 Å². The van der Waals surface area contributed by atoms with Gasteiger partial charge in [-0.2, -0.15) is 0 Å². The summed E-state index contributed by atoms with van der Waals surface area (Å²) in [6, 6.07) is 14.6. The SMILES string of the molecule is Cc1nc2ccc(NC(=O)c3ccc4nc(Cl)ccc4c3)cc2s1. The van der Waals surface area contributed by atoms with E-state index in [9.17, 15) is 4.79 Å². The molecule has 0 unspecified atom stereocenters. The van der Waals surface area contributed by atoms with Crippen LogP contribution in [0.2, 0.25) is 5.15 Å². The molecular weight excluding hydrogens is 342 g/mol. The van der Waals surface area contributed by atoms with E-state index in [1.54, 1.807) is 29.5 Å². The third-order valence-corrected chi connectivity index (χ3v) is 4.81. The number of fused-ring (bicyclic) bond motifs is 2. The molecule has 2 aromatic carbocycles. The molecule has 4 nitrogen and oxygen atoms in total. The van der Waals surface area contributed by atoms with Crippen molar-refractivity contribution in [3.05, 3.63) is 64.3 Å². The molecule has 0 radical (unpaired) electrons. The summed E-state index contributed by atoms with van der Waals surface area (Å²) < 4.78 is 1.06. The van der Waals surface area contributed by atoms with Crippen molar-refractivity contribution in [2.45, 2.75) is 6.92 Å². The largest absolute Gasteiger partial charge is 0.322 e. The van der Waals surface area contributed by atoms with Gasteiger partial charge in [-0.1, -0.05) is 11.6 Å². The summed E-state index contributed by atoms with van der Waals surface area (Å²) in [6.45, 7) is 1.97. The fourth-order valence-corrected chi connectivity index (χ4v) is 3.58. The summed E-state index contributed by atoms with van der Waals surface area (Å²) in [5, 5.41) is 5.25. The number of aryl methyl sites for hydroxylation is 1. The first kappa shape index (κ1) is 15.1. The number of pyridine rings is 1. The van der Waals surface area contributed by atoms with Crippen LogP contribution in [0.4, 0.5) is 5.69 Å². The van der Waals surface area contributed by atoms with Crippen molar-refractivity contribution in [1.82, 2.24) is 9.97 Å². The lowest BCUT2D eigenvalue weighted by atomic mass is 10.1.